The van der Waals surface area contributed by atoms with Crippen molar-refractivity contribution in [2.75, 3.05) is 5.32 Å². The summed E-state index contributed by atoms with van der Waals surface area (Å²) in [5, 5.41) is 10.9. The first-order valence-corrected chi connectivity index (χ1v) is 6.61. The van der Waals surface area contributed by atoms with Crippen molar-refractivity contribution in [2.45, 2.75) is 39.2 Å². The quantitative estimate of drug-likeness (QED) is 0.844. The van der Waals surface area contributed by atoms with Gasteiger partial charge in [-0.05, 0) is 44.2 Å². The Labute approximate surface area is 108 Å². The Morgan fingerprint density at radius 1 is 1.28 bits per heavy atom. The van der Waals surface area contributed by atoms with Crippen LogP contribution in [0.2, 0.25) is 0 Å². The molecule has 0 saturated heterocycles. The number of rotatable bonds is 2. The molecule has 0 spiro atoms. The topological polar surface area (TPSA) is 40.7 Å². The van der Waals surface area contributed by atoms with Crippen LogP contribution in [-0.4, -0.2) is 10.2 Å². The van der Waals surface area contributed by atoms with Crippen LogP contribution in [-0.2, 0) is 6.42 Å². The van der Waals surface area contributed by atoms with Crippen LogP contribution in [0, 0.1) is 13.8 Å². The van der Waals surface area contributed by atoms with E-state index in [1.165, 1.54) is 30.4 Å². The number of aromatic nitrogens is 2. The largest absolute Gasteiger partial charge is 0.375 e. The molecule has 0 fully saturated rings. The number of hydrogen-bond donors (Lipinski definition) is 2. The van der Waals surface area contributed by atoms with Crippen LogP contribution in [0.4, 0.5) is 5.69 Å². The normalized spacial score (nSPS) is 18.4. The Kier molecular flexibility index (Phi) is 2.82. The van der Waals surface area contributed by atoms with Gasteiger partial charge in [-0.25, -0.2) is 0 Å². The highest BCUT2D eigenvalue weighted by molar-refractivity contribution is 5.53. The fraction of sp³-hybridized carbons (Fsp3) is 0.400. The third kappa shape index (κ3) is 1.90. The monoisotopic (exact) mass is 241 g/mol. The van der Waals surface area contributed by atoms with Gasteiger partial charge in [-0.1, -0.05) is 24.3 Å². The van der Waals surface area contributed by atoms with Gasteiger partial charge in [0.05, 0.1) is 23.1 Å². The van der Waals surface area contributed by atoms with Crippen LogP contribution >= 0.6 is 0 Å². The van der Waals surface area contributed by atoms with Crippen molar-refractivity contribution >= 4 is 5.69 Å². The number of anilines is 1. The molecule has 1 heterocycles. The Bertz CT molecular complexity index is 537. The van der Waals surface area contributed by atoms with E-state index in [1.807, 2.05) is 6.92 Å². The van der Waals surface area contributed by atoms with E-state index >= 15 is 0 Å². The Morgan fingerprint density at radius 3 is 2.89 bits per heavy atom. The second-order valence-corrected chi connectivity index (χ2v) is 5.10. The van der Waals surface area contributed by atoms with Crippen LogP contribution < -0.4 is 5.32 Å². The molecule has 1 aliphatic carbocycles. The molecule has 94 valence electrons. The number of benzene rings is 1. The van der Waals surface area contributed by atoms with Crippen LogP contribution in [0.15, 0.2) is 24.3 Å². The average Bonchev–Trinajstić information content (AvgIpc) is 2.71. The van der Waals surface area contributed by atoms with Crippen molar-refractivity contribution < 1.29 is 0 Å². The van der Waals surface area contributed by atoms with Gasteiger partial charge < -0.3 is 5.32 Å². The number of nitrogens with one attached hydrogen (secondary N) is 2. The minimum absolute atomic E-state index is 0.421. The van der Waals surface area contributed by atoms with Gasteiger partial charge in [-0.3, -0.25) is 5.10 Å². The third-order valence-electron chi connectivity index (χ3n) is 3.82. The van der Waals surface area contributed by atoms with Crippen molar-refractivity contribution in [3.8, 4) is 0 Å². The Hall–Kier alpha value is -1.77. The van der Waals surface area contributed by atoms with E-state index in [-0.39, 0.29) is 0 Å². The Morgan fingerprint density at radius 2 is 2.11 bits per heavy atom. The number of fused-ring (bicyclic) bond motifs is 1. The maximum absolute atomic E-state index is 4.25. The van der Waals surface area contributed by atoms with Crippen molar-refractivity contribution in [1.29, 1.82) is 0 Å². The minimum Gasteiger partial charge on any atom is -0.375 e. The lowest BCUT2D eigenvalue weighted by Crippen LogP contribution is -2.17. The summed E-state index contributed by atoms with van der Waals surface area (Å²) in [6, 6.07) is 9.18. The summed E-state index contributed by atoms with van der Waals surface area (Å²) in [6.45, 7) is 4.11. The standard InChI is InChI=1S/C15H19N3/c1-10-15(11(2)18-17-10)16-14-9-5-7-12-6-3-4-8-13(12)14/h3-4,6,8,14,16H,5,7,9H2,1-2H3,(H,17,18). The van der Waals surface area contributed by atoms with Gasteiger partial charge >= 0.3 is 0 Å². The van der Waals surface area contributed by atoms with Gasteiger partial charge in [0.15, 0.2) is 0 Å². The molecule has 1 aromatic heterocycles. The smallest absolute Gasteiger partial charge is 0.0825 e. The number of H-pyrrole nitrogens is 1. The molecule has 3 heteroatoms. The molecule has 1 unspecified atom stereocenters. The molecule has 3 rings (SSSR count). The summed E-state index contributed by atoms with van der Waals surface area (Å²) in [4.78, 5) is 0. The molecule has 18 heavy (non-hydrogen) atoms. The summed E-state index contributed by atoms with van der Waals surface area (Å²) >= 11 is 0. The van der Waals surface area contributed by atoms with E-state index < -0.39 is 0 Å². The predicted octanol–water partition coefficient (Wildman–Crippen LogP) is 3.52. The van der Waals surface area contributed by atoms with Crippen LogP contribution in [0.5, 0.6) is 0 Å². The van der Waals surface area contributed by atoms with Crippen molar-refractivity contribution in [3.05, 3.63) is 46.8 Å². The van der Waals surface area contributed by atoms with E-state index in [2.05, 4.69) is 46.7 Å². The van der Waals surface area contributed by atoms with E-state index in [0.717, 1.165) is 17.1 Å². The summed E-state index contributed by atoms with van der Waals surface area (Å²) in [6.07, 6.45) is 3.66. The number of aryl methyl sites for hydroxylation is 3. The van der Waals surface area contributed by atoms with Crippen LogP contribution in [0.3, 0.4) is 0 Å². The average molecular weight is 241 g/mol. The SMILES string of the molecule is Cc1n[nH]c(C)c1NC1CCCc2ccccc21. The second kappa shape index (κ2) is 4.48. The molecule has 0 aliphatic heterocycles. The van der Waals surface area contributed by atoms with Crippen LogP contribution in [0.1, 0.15) is 41.4 Å². The maximum Gasteiger partial charge on any atom is 0.0825 e. The predicted molar refractivity (Wildman–Crippen MR) is 73.8 cm³/mol. The summed E-state index contributed by atoms with van der Waals surface area (Å²) in [7, 11) is 0. The molecule has 1 aromatic carbocycles. The van der Waals surface area contributed by atoms with Gasteiger partial charge in [0.25, 0.3) is 0 Å². The van der Waals surface area contributed by atoms with Gasteiger partial charge in [0.1, 0.15) is 0 Å². The first-order valence-electron chi connectivity index (χ1n) is 6.61. The van der Waals surface area contributed by atoms with E-state index in [0.29, 0.717) is 6.04 Å². The van der Waals surface area contributed by atoms with E-state index in [1.54, 1.807) is 0 Å². The van der Waals surface area contributed by atoms with Gasteiger partial charge in [0, 0.05) is 0 Å². The van der Waals surface area contributed by atoms with Crippen molar-refractivity contribution in [3.63, 3.8) is 0 Å². The van der Waals surface area contributed by atoms with Crippen molar-refractivity contribution in [2.24, 2.45) is 0 Å². The first-order chi connectivity index (χ1) is 8.75. The highest BCUT2D eigenvalue weighted by Gasteiger charge is 2.21. The van der Waals surface area contributed by atoms with E-state index in [9.17, 15) is 0 Å². The minimum atomic E-state index is 0.421. The molecule has 0 radical (unpaired) electrons. The highest BCUT2D eigenvalue weighted by atomic mass is 15.2. The second-order valence-electron chi connectivity index (χ2n) is 5.10. The first kappa shape index (κ1) is 11.3. The molecular weight excluding hydrogens is 222 g/mol. The number of aromatic amines is 1. The molecular formula is C15H19N3. The number of nitrogens with zero attached hydrogens (tertiary/aromatic N) is 1. The van der Waals surface area contributed by atoms with Crippen molar-refractivity contribution in [1.82, 2.24) is 10.2 Å². The molecule has 1 atom stereocenters. The zero-order valence-corrected chi connectivity index (χ0v) is 11.0. The summed E-state index contributed by atoms with van der Waals surface area (Å²) < 4.78 is 0. The Balaban J connectivity index is 1.91. The zero-order chi connectivity index (χ0) is 12.5. The molecule has 0 bridgehead atoms. The van der Waals surface area contributed by atoms with Crippen LogP contribution in [0.25, 0.3) is 0 Å². The lowest BCUT2D eigenvalue weighted by Gasteiger charge is -2.27. The molecule has 0 amide bonds. The lowest BCUT2D eigenvalue weighted by atomic mass is 9.87. The molecule has 1 aliphatic rings. The molecule has 3 nitrogen and oxygen atoms in total. The van der Waals surface area contributed by atoms with E-state index in [4.69, 9.17) is 0 Å². The highest BCUT2D eigenvalue weighted by Crippen LogP contribution is 2.33. The molecule has 2 aromatic rings. The zero-order valence-electron chi connectivity index (χ0n) is 11.0. The van der Waals surface area contributed by atoms with Gasteiger partial charge in [-0.2, -0.15) is 5.10 Å². The van der Waals surface area contributed by atoms with Gasteiger partial charge in [0.2, 0.25) is 0 Å². The fourth-order valence-electron chi connectivity index (χ4n) is 2.84. The number of hydrogen-bond acceptors (Lipinski definition) is 2. The fourth-order valence-corrected chi connectivity index (χ4v) is 2.84. The summed E-state index contributed by atoms with van der Waals surface area (Å²) in [5.41, 5.74) is 6.27. The summed E-state index contributed by atoms with van der Waals surface area (Å²) in [5.74, 6) is 0. The van der Waals surface area contributed by atoms with Gasteiger partial charge in [-0.15, -0.1) is 0 Å². The lowest BCUT2D eigenvalue weighted by molar-refractivity contribution is 0.600. The third-order valence-corrected chi connectivity index (χ3v) is 3.82. The maximum atomic E-state index is 4.25. The molecule has 0 saturated carbocycles. The molecule has 2 N–H and O–H groups in total.